The van der Waals surface area contributed by atoms with Gasteiger partial charge in [-0.3, -0.25) is 4.79 Å². The van der Waals surface area contributed by atoms with E-state index >= 15 is 0 Å². The van der Waals surface area contributed by atoms with Gasteiger partial charge < -0.3 is 10.1 Å². The first-order valence-electron chi connectivity index (χ1n) is 8.80. The molecule has 2 aromatic carbocycles. The van der Waals surface area contributed by atoms with Gasteiger partial charge in [0.15, 0.2) is 0 Å². The Bertz CT molecular complexity index is 820. The maximum atomic E-state index is 12.7. The van der Waals surface area contributed by atoms with Crippen molar-refractivity contribution in [2.45, 2.75) is 31.2 Å². The second-order valence-corrected chi connectivity index (χ2v) is 7.73. The van der Waals surface area contributed by atoms with Gasteiger partial charge >= 0.3 is 5.97 Å². The van der Waals surface area contributed by atoms with Gasteiger partial charge in [-0.25, -0.2) is 4.79 Å². The lowest BCUT2D eigenvalue weighted by atomic mass is 9.93. The molecule has 27 heavy (non-hydrogen) atoms. The van der Waals surface area contributed by atoms with E-state index in [-0.39, 0.29) is 23.7 Å². The molecule has 0 saturated heterocycles. The molecule has 0 unspecified atom stereocenters. The van der Waals surface area contributed by atoms with Crippen molar-refractivity contribution in [1.29, 1.82) is 0 Å². The van der Waals surface area contributed by atoms with E-state index < -0.39 is 12.0 Å². The van der Waals surface area contributed by atoms with Crippen LogP contribution in [0.2, 0.25) is 10.0 Å². The van der Waals surface area contributed by atoms with E-state index in [1.165, 1.54) is 7.11 Å². The summed E-state index contributed by atoms with van der Waals surface area (Å²) >= 11 is 12.1. The Morgan fingerprint density at radius 2 is 1.74 bits per heavy atom. The zero-order chi connectivity index (χ0) is 19.6. The third kappa shape index (κ3) is 4.63. The van der Waals surface area contributed by atoms with Crippen LogP contribution in [0, 0.1) is 5.92 Å². The molecule has 0 radical (unpaired) electrons. The largest absolute Gasteiger partial charge is 0.467 e. The molecule has 1 amide bonds. The third-order valence-electron chi connectivity index (χ3n) is 5.02. The van der Waals surface area contributed by atoms with Gasteiger partial charge in [-0.1, -0.05) is 60.5 Å². The van der Waals surface area contributed by atoms with E-state index in [4.69, 9.17) is 27.9 Å². The summed E-state index contributed by atoms with van der Waals surface area (Å²) in [6.07, 6.45) is 0.704. The number of benzene rings is 2. The van der Waals surface area contributed by atoms with Crippen LogP contribution in [0.15, 0.2) is 48.5 Å². The van der Waals surface area contributed by atoms with Gasteiger partial charge in [-0.2, -0.15) is 0 Å². The van der Waals surface area contributed by atoms with E-state index in [2.05, 4.69) is 5.32 Å². The van der Waals surface area contributed by atoms with E-state index in [1.54, 1.807) is 6.07 Å². The molecule has 0 bridgehead atoms. The van der Waals surface area contributed by atoms with Crippen molar-refractivity contribution in [3.05, 3.63) is 69.7 Å². The second-order valence-electron chi connectivity index (χ2n) is 6.86. The molecule has 0 heterocycles. The van der Waals surface area contributed by atoms with Crippen molar-refractivity contribution in [2.75, 3.05) is 7.11 Å². The molecule has 1 saturated carbocycles. The first kappa shape index (κ1) is 19.7. The molecule has 142 valence electrons. The van der Waals surface area contributed by atoms with Gasteiger partial charge in [0.25, 0.3) is 0 Å². The number of methoxy groups -OCH3 is 1. The molecule has 4 nitrogen and oxygen atoms in total. The average molecular weight is 406 g/mol. The van der Waals surface area contributed by atoms with Gasteiger partial charge in [-0.05, 0) is 41.7 Å². The summed E-state index contributed by atoms with van der Waals surface area (Å²) in [6.45, 7) is 1.90. The molecule has 4 atom stereocenters. The number of halogens is 2. The number of esters is 1. The lowest BCUT2D eigenvalue weighted by Gasteiger charge is -2.23. The number of carbonyl (C=O) groups is 2. The van der Waals surface area contributed by atoms with Crippen molar-refractivity contribution < 1.29 is 14.3 Å². The lowest BCUT2D eigenvalue weighted by molar-refractivity contribution is -0.145. The first-order chi connectivity index (χ1) is 12.9. The Hall–Kier alpha value is -2.04. The Balaban J connectivity index is 1.71. The summed E-state index contributed by atoms with van der Waals surface area (Å²) in [5.74, 6) is -0.960. The molecule has 3 rings (SSSR count). The Morgan fingerprint density at radius 3 is 2.33 bits per heavy atom. The fraction of sp³-hybridized carbons (Fsp3) is 0.333. The molecule has 0 aliphatic heterocycles. The quantitative estimate of drug-likeness (QED) is 0.716. The number of hydrogen-bond acceptors (Lipinski definition) is 3. The highest BCUT2D eigenvalue weighted by Crippen LogP contribution is 2.48. The van der Waals surface area contributed by atoms with Crippen molar-refractivity contribution >= 4 is 35.1 Å². The summed E-state index contributed by atoms with van der Waals surface area (Å²) in [5.41, 5.74) is 1.90. The van der Waals surface area contributed by atoms with Crippen LogP contribution in [0.5, 0.6) is 0 Å². The predicted molar refractivity (Wildman–Crippen MR) is 106 cm³/mol. The van der Waals surface area contributed by atoms with E-state index in [0.717, 1.165) is 11.1 Å². The molecular formula is C21H21Cl2NO3. The minimum atomic E-state index is -0.742. The van der Waals surface area contributed by atoms with E-state index in [1.807, 2.05) is 49.4 Å². The fourth-order valence-electron chi connectivity index (χ4n) is 3.37. The number of amides is 1. The maximum Gasteiger partial charge on any atom is 0.328 e. The van der Waals surface area contributed by atoms with Gasteiger partial charge in [0.1, 0.15) is 6.04 Å². The maximum absolute atomic E-state index is 12.7. The van der Waals surface area contributed by atoms with Crippen LogP contribution in [0.1, 0.15) is 36.3 Å². The minimum absolute atomic E-state index is 0.0616. The summed E-state index contributed by atoms with van der Waals surface area (Å²) in [7, 11) is 1.33. The van der Waals surface area contributed by atoms with E-state index in [0.29, 0.717) is 16.5 Å². The molecule has 1 aliphatic rings. The molecule has 2 aromatic rings. The van der Waals surface area contributed by atoms with Crippen molar-refractivity contribution in [3.8, 4) is 0 Å². The van der Waals surface area contributed by atoms with Crippen LogP contribution >= 0.6 is 23.2 Å². The van der Waals surface area contributed by atoms with E-state index in [9.17, 15) is 9.59 Å². The summed E-state index contributed by atoms with van der Waals surface area (Å²) in [4.78, 5) is 25.0. The topological polar surface area (TPSA) is 55.4 Å². The number of ether oxygens (including phenoxy) is 1. The van der Waals surface area contributed by atoms with Crippen LogP contribution < -0.4 is 5.32 Å². The van der Waals surface area contributed by atoms with Crippen LogP contribution in [-0.2, 0) is 14.3 Å². The molecule has 0 spiro atoms. The van der Waals surface area contributed by atoms with Crippen LogP contribution in [0.3, 0.4) is 0 Å². The smallest absolute Gasteiger partial charge is 0.328 e. The molecule has 1 aliphatic carbocycles. The molecule has 1 fully saturated rings. The summed E-state index contributed by atoms with van der Waals surface area (Å²) < 4.78 is 4.91. The SMILES string of the molecule is COC(=O)[C@@H](NC(=O)[C@@H]1C[C@@H]1c1cc(Cl)cc(Cl)c1)[C@@H](C)c1ccccc1. The Labute approximate surface area is 168 Å². The van der Waals surface area contributed by atoms with Gasteiger partial charge in [0.05, 0.1) is 7.11 Å². The normalized spacial score (nSPS) is 20.4. The first-order valence-corrected chi connectivity index (χ1v) is 9.55. The second kappa shape index (κ2) is 8.32. The molecule has 0 aromatic heterocycles. The monoisotopic (exact) mass is 405 g/mol. The van der Waals surface area contributed by atoms with Crippen LogP contribution in [-0.4, -0.2) is 25.0 Å². The fourth-order valence-corrected chi connectivity index (χ4v) is 3.91. The number of rotatable bonds is 6. The highest BCUT2D eigenvalue weighted by Gasteiger charge is 2.45. The highest BCUT2D eigenvalue weighted by atomic mass is 35.5. The van der Waals surface area contributed by atoms with Crippen molar-refractivity contribution in [3.63, 3.8) is 0 Å². The standard InChI is InChI=1S/C21H21Cl2NO3/c1-12(13-6-4-3-5-7-13)19(21(26)27-2)24-20(25)18-11-17(18)14-8-15(22)10-16(23)9-14/h3-10,12,17-19H,11H2,1-2H3,(H,24,25)/t12-,17+,18+,19-/m0/s1. The summed E-state index contributed by atoms with van der Waals surface area (Å²) in [5, 5.41) is 3.98. The van der Waals surface area contributed by atoms with Gasteiger partial charge in [0.2, 0.25) is 5.91 Å². The lowest BCUT2D eigenvalue weighted by Crippen LogP contribution is -2.45. The Morgan fingerprint density at radius 1 is 1.11 bits per heavy atom. The highest BCUT2D eigenvalue weighted by molar-refractivity contribution is 6.34. The van der Waals surface area contributed by atoms with Gasteiger partial charge in [0, 0.05) is 21.9 Å². The number of hydrogen-bond donors (Lipinski definition) is 1. The zero-order valence-corrected chi connectivity index (χ0v) is 16.6. The van der Waals surface area contributed by atoms with Crippen molar-refractivity contribution in [2.24, 2.45) is 5.92 Å². The zero-order valence-electron chi connectivity index (χ0n) is 15.1. The van der Waals surface area contributed by atoms with Crippen molar-refractivity contribution in [1.82, 2.24) is 5.32 Å². The predicted octanol–water partition coefficient (Wildman–Crippen LogP) is 4.56. The average Bonchev–Trinajstić information content (AvgIpc) is 3.46. The Kier molecular flexibility index (Phi) is 6.08. The van der Waals surface area contributed by atoms with Crippen LogP contribution in [0.25, 0.3) is 0 Å². The summed E-state index contributed by atoms with van der Waals surface area (Å²) in [6, 6.07) is 14.2. The molecule has 1 N–H and O–H groups in total. The molecular weight excluding hydrogens is 385 g/mol. The number of nitrogens with one attached hydrogen (secondary N) is 1. The van der Waals surface area contributed by atoms with Crippen LogP contribution in [0.4, 0.5) is 0 Å². The minimum Gasteiger partial charge on any atom is -0.467 e. The third-order valence-corrected chi connectivity index (χ3v) is 5.45. The van der Waals surface area contributed by atoms with Gasteiger partial charge in [-0.15, -0.1) is 0 Å². The molecule has 6 heteroatoms. The number of carbonyl (C=O) groups excluding carboxylic acids is 2.